The molecule has 2 aromatic heterocycles. The molecule has 0 N–H and O–H groups in total. The Hall–Kier alpha value is -2.37. The van der Waals surface area contributed by atoms with Gasteiger partial charge in [0.1, 0.15) is 0 Å². The molecule has 1 aliphatic heterocycles. The molecule has 1 saturated heterocycles. The molecule has 1 amide bonds. The molecule has 0 spiro atoms. The highest BCUT2D eigenvalue weighted by Crippen LogP contribution is 2.23. The number of carbonyl (C=O) groups excluding carboxylic acids is 1. The average molecular weight is 369 g/mol. The van der Waals surface area contributed by atoms with Gasteiger partial charge in [-0.3, -0.25) is 9.69 Å². The fraction of sp³-hybridized carbons (Fsp3) is 0.300. The number of pyridine rings is 1. The van der Waals surface area contributed by atoms with Crippen LogP contribution in [-0.2, 0) is 6.54 Å². The number of hydrogen-bond donors (Lipinski definition) is 0. The minimum absolute atomic E-state index is 0.0890. The lowest BCUT2D eigenvalue weighted by Crippen LogP contribution is -2.48. The molecule has 1 fully saturated rings. The second kappa shape index (κ2) is 7.09. The molecule has 0 unspecified atom stereocenters. The van der Waals surface area contributed by atoms with Crippen molar-refractivity contribution in [3.05, 3.63) is 70.5 Å². The van der Waals surface area contributed by atoms with Crippen LogP contribution in [0.2, 0.25) is 5.02 Å². The smallest absolute Gasteiger partial charge is 0.276 e. The van der Waals surface area contributed by atoms with E-state index >= 15 is 0 Å². The van der Waals surface area contributed by atoms with Crippen molar-refractivity contribution in [2.45, 2.75) is 13.5 Å². The predicted octanol–water partition coefficient (Wildman–Crippen LogP) is 3.25. The van der Waals surface area contributed by atoms with Crippen LogP contribution in [0.15, 0.2) is 48.7 Å². The number of halogens is 1. The maximum Gasteiger partial charge on any atom is 0.276 e. The molecule has 1 aliphatic rings. The van der Waals surface area contributed by atoms with Crippen LogP contribution in [0.4, 0.5) is 0 Å². The summed E-state index contributed by atoms with van der Waals surface area (Å²) in [6, 6.07) is 14.2. The molecule has 0 bridgehead atoms. The van der Waals surface area contributed by atoms with Crippen molar-refractivity contribution in [3.63, 3.8) is 0 Å². The minimum Gasteiger partial charge on any atom is -0.335 e. The molecule has 26 heavy (non-hydrogen) atoms. The Bertz CT molecular complexity index is 944. The van der Waals surface area contributed by atoms with Gasteiger partial charge >= 0.3 is 0 Å². The Kier molecular flexibility index (Phi) is 4.66. The van der Waals surface area contributed by atoms with Crippen molar-refractivity contribution in [1.82, 2.24) is 19.4 Å². The third kappa shape index (κ3) is 3.32. The molecule has 0 saturated carbocycles. The molecule has 4 rings (SSSR count). The summed E-state index contributed by atoms with van der Waals surface area (Å²) in [5.74, 6) is -0.0890. The number of carbonyl (C=O) groups is 1. The zero-order valence-electron chi connectivity index (χ0n) is 14.7. The van der Waals surface area contributed by atoms with E-state index in [-0.39, 0.29) is 5.91 Å². The Labute approximate surface area is 157 Å². The van der Waals surface area contributed by atoms with Gasteiger partial charge in [-0.25, -0.2) is 4.52 Å². The monoisotopic (exact) mass is 368 g/mol. The van der Waals surface area contributed by atoms with Crippen molar-refractivity contribution in [1.29, 1.82) is 0 Å². The van der Waals surface area contributed by atoms with Gasteiger partial charge < -0.3 is 4.90 Å². The average Bonchev–Trinajstić information content (AvgIpc) is 2.99. The first kappa shape index (κ1) is 17.1. The van der Waals surface area contributed by atoms with Gasteiger partial charge in [0.05, 0.1) is 10.5 Å². The lowest BCUT2D eigenvalue weighted by Gasteiger charge is -2.34. The van der Waals surface area contributed by atoms with Gasteiger partial charge in [0, 0.05) is 38.9 Å². The second-order valence-electron chi connectivity index (χ2n) is 6.75. The quantitative estimate of drug-likeness (QED) is 0.712. The lowest BCUT2D eigenvalue weighted by molar-refractivity contribution is 0.0622. The molecule has 3 aromatic rings. The molecular weight excluding hydrogens is 348 g/mol. The summed E-state index contributed by atoms with van der Waals surface area (Å²) in [5.41, 5.74) is 3.69. The zero-order chi connectivity index (χ0) is 18.1. The molecule has 0 atom stereocenters. The molecule has 5 nitrogen and oxygen atoms in total. The van der Waals surface area contributed by atoms with Gasteiger partial charge in [0.15, 0.2) is 5.69 Å². The van der Waals surface area contributed by atoms with Crippen LogP contribution in [0.5, 0.6) is 0 Å². The first-order valence-electron chi connectivity index (χ1n) is 8.82. The Morgan fingerprint density at radius 1 is 1.12 bits per heavy atom. The lowest BCUT2D eigenvalue weighted by atomic mass is 10.1. The summed E-state index contributed by atoms with van der Waals surface area (Å²) in [6.07, 6.45) is 1.80. The molecule has 0 radical (unpaired) electrons. The van der Waals surface area contributed by atoms with Crippen molar-refractivity contribution in [2.24, 2.45) is 0 Å². The maximum atomic E-state index is 12.8. The summed E-state index contributed by atoms with van der Waals surface area (Å²) in [5, 5.41) is 4.79. The zero-order valence-corrected chi connectivity index (χ0v) is 15.5. The van der Waals surface area contributed by atoms with Crippen molar-refractivity contribution >= 4 is 23.0 Å². The number of piperazine rings is 1. The normalized spacial score (nSPS) is 15.5. The van der Waals surface area contributed by atoms with E-state index < -0.39 is 0 Å². The van der Waals surface area contributed by atoms with Crippen molar-refractivity contribution < 1.29 is 4.79 Å². The summed E-state index contributed by atoms with van der Waals surface area (Å²) < 4.78 is 1.66. The Morgan fingerprint density at radius 3 is 2.65 bits per heavy atom. The van der Waals surface area contributed by atoms with Gasteiger partial charge in [-0.1, -0.05) is 47.5 Å². The molecule has 0 aliphatic carbocycles. The summed E-state index contributed by atoms with van der Waals surface area (Å²) in [6.45, 7) is 6.11. The van der Waals surface area contributed by atoms with Gasteiger partial charge in [-0.2, -0.15) is 5.10 Å². The number of fused-ring (bicyclic) bond motifs is 1. The van der Waals surface area contributed by atoms with Crippen LogP contribution >= 0.6 is 11.6 Å². The number of hydrogen-bond acceptors (Lipinski definition) is 3. The van der Waals surface area contributed by atoms with E-state index in [1.54, 1.807) is 10.7 Å². The fourth-order valence-corrected chi connectivity index (χ4v) is 3.70. The van der Waals surface area contributed by atoms with Crippen LogP contribution in [0, 0.1) is 6.92 Å². The van der Waals surface area contributed by atoms with Gasteiger partial charge in [0.25, 0.3) is 5.91 Å². The highest BCUT2D eigenvalue weighted by atomic mass is 35.5. The molecule has 134 valence electrons. The third-order valence-corrected chi connectivity index (χ3v) is 5.20. The van der Waals surface area contributed by atoms with E-state index in [1.165, 1.54) is 11.1 Å². The predicted molar refractivity (Wildman–Crippen MR) is 103 cm³/mol. The van der Waals surface area contributed by atoms with Crippen LogP contribution in [0.1, 0.15) is 21.6 Å². The van der Waals surface area contributed by atoms with E-state index in [9.17, 15) is 4.79 Å². The van der Waals surface area contributed by atoms with E-state index in [0.717, 1.165) is 25.2 Å². The number of aryl methyl sites for hydroxylation is 1. The first-order valence-corrected chi connectivity index (χ1v) is 9.19. The van der Waals surface area contributed by atoms with E-state index in [4.69, 9.17) is 11.6 Å². The number of amides is 1. The molecule has 1 aromatic carbocycles. The van der Waals surface area contributed by atoms with E-state index in [0.29, 0.717) is 23.8 Å². The largest absolute Gasteiger partial charge is 0.335 e. The topological polar surface area (TPSA) is 40.8 Å². The SMILES string of the molecule is Cc1cccc(CN2CCN(C(=O)c3nn4ccccc4c3Cl)CC2)c1. The molecular formula is C20H21ClN4O. The number of benzene rings is 1. The van der Waals surface area contributed by atoms with Crippen molar-refractivity contribution in [3.8, 4) is 0 Å². The van der Waals surface area contributed by atoms with Crippen LogP contribution in [0.3, 0.4) is 0 Å². The third-order valence-electron chi connectivity index (χ3n) is 4.83. The highest BCUT2D eigenvalue weighted by Gasteiger charge is 2.26. The van der Waals surface area contributed by atoms with E-state index in [1.807, 2.05) is 23.1 Å². The Morgan fingerprint density at radius 2 is 1.92 bits per heavy atom. The van der Waals surface area contributed by atoms with Gasteiger partial charge in [0.2, 0.25) is 0 Å². The summed E-state index contributed by atoms with van der Waals surface area (Å²) in [4.78, 5) is 17.1. The first-order chi connectivity index (χ1) is 12.6. The number of nitrogens with zero attached hydrogens (tertiary/aromatic N) is 4. The summed E-state index contributed by atoms with van der Waals surface area (Å²) in [7, 11) is 0. The molecule has 6 heteroatoms. The fourth-order valence-electron chi connectivity index (χ4n) is 3.43. The van der Waals surface area contributed by atoms with Crippen LogP contribution in [-0.4, -0.2) is 51.5 Å². The highest BCUT2D eigenvalue weighted by molar-refractivity contribution is 6.36. The summed E-state index contributed by atoms with van der Waals surface area (Å²) >= 11 is 6.38. The van der Waals surface area contributed by atoms with E-state index in [2.05, 4.69) is 41.2 Å². The van der Waals surface area contributed by atoms with Gasteiger partial charge in [-0.15, -0.1) is 0 Å². The van der Waals surface area contributed by atoms with Crippen LogP contribution < -0.4 is 0 Å². The molecule has 3 heterocycles. The van der Waals surface area contributed by atoms with Crippen LogP contribution in [0.25, 0.3) is 5.52 Å². The Balaban J connectivity index is 1.42. The number of aromatic nitrogens is 2. The van der Waals surface area contributed by atoms with Gasteiger partial charge in [-0.05, 0) is 24.6 Å². The maximum absolute atomic E-state index is 12.8. The second-order valence-corrected chi connectivity index (χ2v) is 7.13. The standard InChI is InChI=1S/C20H21ClN4O/c1-15-5-4-6-16(13-15)14-23-9-11-24(12-10-23)20(26)19-18(21)17-7-2-3-8-25(17)22-19/h2-8,13H,9-12,14H2,1H3. The van der Waals surface area contributed by atoms with Crippen molar-refractivity contribution in [2.75, 3.05) is 26.2 Å². The number of rotatable bonds is 3. The minimum atomic E-state index is -0.0890.